The van der Waals surface area contributed by atoms with Gasteiger partial charge in [-0.15, -0.1) is 0 Å². The number of carbonyl (C=O) groups excluding carboxylic acids is 2. The quantitative estimate of drug-likeness (QED) is 0.858. The maximum Gasteiger partial charge on any atom is 0.231 e. The van der Waals surface area contributed by atoms with E-state index in [1.807, 2.05) is 65.6 Å². The summed E-state index contributed by atoms with van der Waals surface area (Å²) in [4.78, 5) is 28.0. The number of benzene rings is 2. The molecule has 0 spiro atoms. The third-order valence-electron chi connectivity index (χ3n) is 5.35. The number of nitrogens with one attached hydrogen (secondary N) is 1. The van der Waals surface area contributed by atoms with Gasteiger partial charge < -0.3 is 10.2 Å². The molecule has 0 bridgehead atoms. The summed E-state index contributed by atoms with van der Waals surface area (Å²) in [6.45, 7) is 0.696. The number of nitrogens with zero attached hydrogens (tertiary/aromatic N) is 1. The van der Waals surface area contributed by atoms with Crippen LogP contribution in [0.25, 0.3) is 0 Å². The average Bonchev–Trinajstić information content (AvgIpc) is 2.69. The van der Waals surface area contributed by atoms with E-state index in [9.17, 15) is 9.59 Å². The Balaban J connectivity index is 1.57. The molecule has 2 aliphatic rings. The van der Waals surface area contributed by atoms with Crippen LogP contribution < -0.4 is 10.2 Å². The lowest BCUT2D eigenvalue weighted by molar-refractivity contribution is -0.133. The third kappa shape index (κ3) is 3.15. The molecule has 4 rings (SSSR count). The molecule has 0 saturated carbocycles. The molecule has 2 aromatic rings. The van der Waals surface area contributed by atoms with E-state index in [-0.39, 0.29) is 29.6 Å². The smallest absolute Gasteiger partial charge is 0.231 e. The molecule has 1 saturated heterocycles. The van der Waals surface area contributed by atoms with Crippen molar-refractivity contribution in [1.29, 1.82) is 0 Å². The van der Waals surface area contributed by atoms with Crippen molar-refractivity contribution in [2.75, 3.05) is 16.8 Å². The highest BCUT2D eigenvalue weighted by Crippen LogP contribution is 2.39. The van der Waals surface area contributed by atoms with Gasteiger partial charge in [-0.25, -0.2) is 0 Å². The molecule has 132 valence electrons. The van der Waals surface area contributed by atoms with Gasteiger partial charge in [-0.3, -0.25) is 9.59 Å². The zero-order valence-electron chi connectivity index (χ0n) is 14.5. The fourth-order valence-electron chi connectivity index (χ4n) is 4.05. The molecule has 1 aliphatic heterocycles. The van der Waals surface area contributed by atoms with Gasteiger partial charge in [0.2, 0.25) is 11.8 Å². The van der Waals surface area contributed by atoms with Gasteiger partial charge in [0.1, 0.15) is 0 Å². The summed E-state index contributed by atoms with van der Waals surface area (Å²) >= 11 is 0. The second-order valence-electron chi connectivity index (χ2n) is 6.93. The number of anilines is 2. The van der Waals surface area contributed by atoms with Crippen LogP contribution in [-0.2, 0) is 9.59 Å². The van der Waals surface area contributed by atoms with Crippen LogP contribution in [-0.4, -0.2) is 18.4 Å². The molecule has 1 heterocycles. The van der Waals surface area contributed by atoms with Crippen LogP contribution >= 0.6 is 0 Å². The van der Waals surface area contributed by atoms with Crippen LogP contribution in [0.15, 0.2) is 72.8 Å². The Morgan fingerprint density at radius 2 is 1.69 bits per heavy atom. The van der Waals surface area contributed by atoms with Crippen molar-refractivity contribution in [3.63, 3.8) is 0 Å². The van der Waals surface area contributed by atoms with E-state index in [2.05, 4.69) is 17.5 Å². The van der Waals surface area contributed by atoms with Crippen molar-refractivity contribution in [3.05, 3.63) is 72.8 Å². The summed E-state index contributed by atoms with van der Waals surface area (Å²) in [5, 5.41) is 2.98. The van der Waals surface area contributed by atoms with E-state index in [1.165, 1.54) is 0 Å². The van der Waals surface area contributed by atoms with Gasteiger partial charge in [0.15, 0.2) is 0 Å². The number of hydrogen-bond donors (Lipinski definition) is 1. The number of rotatable bonds is 3. The largest absolute Gasteiger partial charge is 0.326 e. The lowest BCUT2D eigenvalue weighted by atomic mass is 9.71. The zero-order chi connectivity index (χ0) is 17.9. The van der Waals surface area contributed by atoms with Gasteiger partial charge in [-0.1, -0.05) is 48.6 Å². The van der Waals surface area contributed by atoms with Crippen molar-refractivity contribution in [1.82, 2.24) is 0 Å². The van der Waals surface area contributed by atoms with Crippen LogP contribution in [0.1, 0.15) is 12.8 Å². The molecule has 26 heavy (non-hydrogen) atoms. The minimum Gasteiger partial charge on any atom is -0.326 e. The Morgan fingerprint density at radius 1 is 1.00 bits per heavy atom. The Bertz CT molecular complexity index is 817. The maximum atomic E-state index is 13.2. The first-order chi connectivity index (χ1) is 12.7. The molecule has 0 aromatic heterocycles. The molecule has 4 heteroatoms. The zero-order valence-corrected chi connectivity index (χ0v) is 14.5. The third-order valence-corrected chi connectivity index (χ3v) is 5.35. The highest BCUT2D eigenvalue weighted by molar-refractivity contribution is 6.02. The minimum atomic E-state index is -0.329. The normalized spacial score (nSPS) is 24.8. The summed E-state index contributed by atoms with van der Waals surface area (Å²) in [5.74, 6) is -0.492. The average molecular weight is 346 g/mol. The Labute approximate surface area is 153 Å². The lowest BCUT2D eigenvalue weighted by Gasteiger charge is -2.41. The highest BCUT2D eigenvalue weighted by atomic mass is 16.2. The van der Waals surface area contributed by atoms with Crippen LogP contribution in [0.4, 0.5) is 11.4 Å². The Morgan fingerprint density at radius 3 is 2.42 bits per heavy atom. The predicted molar refractivity (Wildman–Crippen MR) is 103 cm³/mol. The van der Waals surface area contributed by atoms with Gasteiger partial charge in [0.05, 0.1) is 11.8 Å². The number of amides is 2. The number of fused-ring (bicyclic) bond motifs is 1. The molecule has 2 aromatic carbocycles. The SMILES string of the molecule is O=C(Nc1ccccc1)C1CC=CC2CCN(c3ccccc3)C(=O)C21. The summed E-state index contributed by atoms with van der Waals surface area (Å²) in [5.41, 5.74) is 1.68. The van der Waals surface area contributed by atoms with Gasteiger partial charge in [-0.05, 0) is 43.0 Å². The first-order valence-corrected chi connectivity index (χ1v) is 9.13. The van der Waals surface area contributed by atoms with Gasteiger partial charge in [0, 0.05) is 17.9 Å². The molecule has 3 atom stereocenters. The van der Waals surface area contributed by atoms with Crippen LogP contribution in [0.2, 0.25) is 0 Å². The molecule has 4 nitrogen and oxygen atoms in total. The standard InChI is InChI=1S/C22H22N2O2/c25-21(23-17-9-3-1-4-10-17)19-13-7-8-16-14-15-24(22(26)20(16)19)18-11-5-2-6-12-18/h1-12,16,19-20H,13-15H2,(H,23,25). The van der Waals surface area contributed by atoms with E-state index in [0.29, 0.717) is 13.0 Å². The summed E-state index contributed by atoms with van der Waals surface area (Å²) in [6.07, 6.45) is 5.67. The molecule has 2 amide bonds. The van der Waals surface area contributed by atoms with Crippen LogP contribution in [0.5, 0.6) is 0 Å². The highest BCUT2D eigenvalue weighted by Gasteiger charge is 2.44. The molecular weight excluding hydrogens is 324 g/mol. The second-order valence-corrected chi connectivity index (χ2v) is 6.93. The van der Waals surface area contributed by atoms with Crippen LogP contribution in [0.3, 0.4) is 0 Å². The summed E-state index contributed by atoms with van der Waals surface area (Å²) in [7, 11) is 0. The lowest BCUT2D eigenvalue weighted by Crippen LogP contribution is -2.51. The first-order valence-electron chi connectivity index (χ1n) is 9.13. The Hall–Kier alpha value is -2.88. The van der Waals surface area contributed by atoms with E-state index in [4.69, 9.17) is 0 Å². The molecular formula is C22H22N2O2. The molecule has 0 radical (unpaired) electrons. The number of allylic oxidation sites excluding steroid dienone is 2. The van der Waals surface area contributed by atoms with Crippen molar-refractivity contribution in [2.45, 2.75) is 12.8 Å². The van der Waals surface area contributed by atoms with Crippen LogP contribution in [0, 0.1) is 17.8 Å². The molecule has 3 unspecified atom stereocenters. The second kappa shape index (κ2) is 7.16. The Kier molecular flexibility index (Phi) is 4.57. The number of para-hydroxylation sites is 2. The fourth-order valence-corrected chi connectivity index (χ4v) is 4.05. The van der Waals surface area contributed by atoms with Gasteiger partial charge >= 0.3 is 0 Å². The van der Waals surface area contributed by atoms with E-state index in [1.54, 1.807) is 0 Å². The first kappa shape index (κ1) is 16.6. The topological polar surface area (TPSA) is 49.4 Å². The summed E-state index contributed by atoms with van der Waals surface area (Å²) in [6, 6.07) is 19.2. The van der Waals surface area contributed by atoms with E-state index >= 15 is 0 Å². The molecule has 1 N–H and O–H groups in total. The molecule has 1 fully saturated rings. The van der Waals surface area contributed by atoms with Gasteiger partial charge in [0.25, 0.3) is 0 Å². The maximum absolute atomic E-state index is 13.2. The van der Waals surface area contributed by atoms with Crippen molar-refractivity contribution < 1.29 is 9.59 Å². The predicted octanol–water partition coefficient (Wildman–Crippen LogP) is 3.87. The van der Waals surface area contributed by atoms with Gasteiger partial charge in [-0.2, -0.15) is 0 Å². The fraction of sp³-hybridized carbons (Fsp3) is 0.273. The van der Waals surface area contributed by atoms with E-state index < -0.39 is 0 Å². The summed E-state index contributed by atoms with van der Waals surface area (Å²) < 4.78 is 0. The number of piperidine rings is 1. The minimum absolute atomic E-state index is 0.0602. The number of carbonyl (C=O) groups is 2. The van der Waals surface area contributed by atoms with E-state index in [0.717, 1.165) is 17.8 Å². The van der Waals surface area contributed by atoms with Crippen molar-refractivity contribution in [3.8, 4) is 0 Å². The number of hydrogen-bond acceptors (Lipinski definition) is 2. The van der Waals surface area contributed by atoms with Crippen molar-refractivity contribution >= 4 is 23.2 Å². The molecule has 1 aliphatic carbocycles. The van der Waals surface area contributed by atoms with Crippen molar-refractivity contribution in [2.24, 2.45) is 17.8 Å². The monoisotopic (exact) mass is 346 g/mol.